The van der Waals surface area contributed by atoms with E-state index in [1.54, 1.807) is 17.2 Å². The van der Waals surface area contributed by atoms with Crippen LogP contribution < -0.4 is 5.32 Å². The van der Waals surface area contributed by atoms with Gasteiger partial charge in [-0.25, -0.2) is 0 Å². The Balaban J connectivity index is 1.46. The molecule has 7 heteroatoms. The average molecular weight is 485 g/mol. The molecule has 0 spiro atoms. The van der Waals surface area contributed by atoms with Crippen molar-refractivity contribution in [2.24, 2.45) is 5.92 Å². The Morgan fingerprint density at radius 1 is 1.08 bits per heavy atom. The van der Waals surface area contributed by atoms with Gasteiger partial charge in [0.2, 0.25) is 11.8 Å². The molecule has 1 saturated heterocycles. The Morgan fingerprint density at radius 3 is 2.53 bits per heavy atom. The molecule has 1 aliphatic heterocycles. The minimum atomic E-state index is -0.592. The molecule has 3 aromatic rings. The summed E-state index contributed by atoms with van der Waals surface area (Å²) in [6, 6.07) is 20.6. The normalized spacial score (nSPS) is 18.1. The molecule has 0 aliphatic carbocycles. The third kappa shape index (κ3) is 5.84. The molecule has 2 heterocycles. The largest absolute Gasteiger partial charge is 0.464 e. The van der Waals surface area contributed by atoms with Crippen LogP contribution in [0.25, 0.3) is 11.3 Å². The fraction of sp³-hybridized carbons (Fsp3) is 0.345. The highest BCUT2D eigenvalue weighted by atomic mass is 16.3. The molecule has 2 amide bonds. The zero-order chi connectivity index (χ0) is 25.7. The van der Waals surface area contributed by atoms with Crippen LogP contribution in [0.1, 0.15) is 37.5 Å². The molecule has 1 aliphatic rings. The highest BCUT2D eigenvalue weighted by Crippen LogP contribution is 2.22. The van der Waals surface area contributed by atoms with E-state index in [4.69, 9.17) is 4.42 Å². The van der Waals surface area contributed by atoms with Crippen molar-refractivity contribution in [3.8, 4) is 17.4 Å². The number of hydrogen-bond acceptors (Lipinski definition) is 5. The lowest BCUT2D eigenvalue weighted by atomic mass is 10.0. The fourth-order valence-corrected chi connectivity index (χ4v) is 4.72. The van der Waals surface area contributed by atoms with Crippen LogP contribution in [0.2, 0.25) is 0 Å². The SMILES string of the molecule is CC(C)C(=O)N1C(C)CN(Cc2cccc(C#N)c2)CC1C(=O)NCc1ccc(-c2ccco2)cc1. The molecule has 1 N–H and O–H groups in total. The molecule has 0 radical (unpaired) electrons. The van der Waals surface area contributed by atoms with Crippen LogP contribution in [0.3, 0.4) is 0 Å². The van der Waals surface area contributed by atoms with Gasteiger partial charge in [-0.3, -0.25) is 14.5 Å². The minimum absolute atomic E-state index is 0.0171. The number of furan rings is 1. The van der Waals surface area contributed by atoms with Crippen LogP contribution in [0.4, 0.5) is 0 Å². The molecule has 2 aromatic carbocycles. The first kappa shape index (κ1) is 25.2. The summed E-state index contributed by atoms with van der Waals surface area (Å²) in [4.78, 5) is 30.4. The highest BCUT2D eigenvalue weighted by Gasteiger charge is 2.39. The van der Waals surface area contributed by atoms with E-state index in [2.05, 4.69) is 16.3 Å². The lowest BCUT2D eigenvalue weighted by molar-refractivity contribution is -0.150. The van der Waals surface area contributed by atoms with Crippen molar-refractivity contribution in [3.05, 3.63) is 83.6 Å². The van der Waals surface area contributed by atoms with Crippen molar-refractivity contribution < 1.29 is 14.0 Å². The second kappa shape index (κ2) is 11.2. The van der Waals surface area contributed by atoms with Gasteiger partial charge in [-0.2, -0.15) is 5.26 Å². The summed E-state index contributed by atoms with van der Waals surface area (Å²) >= 11 is 0. The molecule has 4 rings (SSSR count). The molecule has 0 saturated carbocycles. The Kier molecular flexibility index (Phi) is 7.87. The molecule has 36 heavy (non-hydrogen) atoms. The molecule has 186 valence electrons. The fourth-order valence-electron chi connectivity index (χ4n) is 4.72. The molecular formula is C29H32N4O3. The van der Waals surface area contributed by atoms with Crippen LogP contribution in [0, 0.1) is 17.2 Å². The van der Waals surface area contributed by atoms with Crippen molar-refractivity contribution in [2.45, 2.75) is 45.9 Å². The smallest absolute Gasteiger partial charge is 0.244 e. The number of rotatable bonds is 7. The van der Waals surface area contributed by atoms with Crippen LogP contribution in [0.5, 0.6) is 0 Å². The van der Waals surface area contributed by atoms with Gasteiger partial charge in [0.25, 0.3) is 0 Å². The van der Waals surface area contributed by atoms with E-state index in [-0.39, 0.29) is 23.8 Å². The maximum Gasteiger partial charge on any atom is 0.244 e. The van der Waals surface area contributed by atoms with E-state index in [1.807, 2.05) is 75.4 Å². The first-order valence-corrected chi connectivity index (χ1v) is 12.3. The molecule has 2 unspecified atom stereocenters. The van der Waals surface area contributed by atoms with E-state index < -0.39 is 6.04 Å². The molecule has 1 fully saturated rings. The number of amides is 2. The Labute approximate surface area is 212 Å². The summed E-state index contributed by atoms with van der Waals surface area (Å²) < 4.78 is 5.44. The predicted octanol–water partition coefficient (Wildman–Crippen LogP) is 4.19. The minimum Gasteiger partial charge on any atom is -0.464 e. The van der Waals surface area contributed by atoms with Gasteiger partial charge in [-0.1, -0.05) is 50.2 Å². The van der Waals surface area contributed by atoms with Crippen LogP contribution >= 0.6 is 0 Å². The standard InChI is InChI=1S/C29H32N4O3/c1-20(2)29(35)33-21(3)17-32(18-24-7-4-6-23(14-24)15-30)19-26(33)28(34)31-16-22-9-11-25(12-10-22)27-8-5-13-36-27/h4-14,20-21,26H,16-19H2,1-3H3,(H,31,34). The van der Waals surface area contributed by atoms with Crippen molar-refractivity contribution in [2.75, 3.05) is 13.1 Å². The van der Waals surface area contributed by atoms with Gasteiger partial charge in [-0.05, 0) is 42.3 Å². The van der Waals surface area contributed by atoms with Crippen LogP contribution in [0.15, 0.2) is 71.3 Å². The van der Waals surface area contributed by atoms with Crippen LogP contribution in [-0.2, 0) is 22.7 Å². The van der Waals surface area contributed by atoms with Gasteiger partial charge in [0.1, 0.15) is 11.8 Å². The number of nitrogens with one attached hydrogen (secondary N) is 1. The quantitative estimate of drug-likeness (QED) is 0.543. The van der Waals surface area contributed by atoms with Gasteiger partial charge in [0.15, 0.2) is 0 Å². The third-order valence-electron chi connectivity index (χ3n) is 6.50. The zero-order valence-electron chi connectivity index (χ0n) is 21.0. The first-order valence-electron chi connectivity index (χ1n) is 12.3. The summed E-state index contributed by atoms with van der Waals surface area (Å²) in [6.45, 7) is 7.80. The van der Waals surface area contributed by atoms with Crippen molar-refractivity contribution in [3.63, 3.8) is 0 Å². The Hall–Kier alpha value is -3.89. The maximum atomic E-state index is 13.4. The topological polar surface area (TPSA) is 89.6 Å². The van der Waals surface area contributed by atoms with E-state index in [0.717, 1.165) is 22.5 Å². The third-order valence-corrected chi connectivity index (χ3v) is 6.50. The lowest BCUT2D eigenvalue weighted by Crippen LogP contribution is -2.64. The van der Waals surface area contributed by atoms with E-state index in [0.29, 0.717) is 31.7 Å². The maximum absolute atomic E-state index is 13.4. The number of benzene rings is 2. The van der Waals surface area contributed by atoms with Gasteiger partial charge in [-0.15, -0.1) is 0 Å². The summed E-state index contributed by atoms with van der Waals surface area (Å²) in [5, 5.41) is 12.3. The molecular weight excluding hydrogens is 452 g/mol. The van der Waals surface area contributed by atoms with Crippen molar-refractivity contribution >= 4 is 11.8 Å². The zero-order valence-corrected chi connectivity index (χ0v) is 21.0. The number of carbonyl (C=O) groups excluding carboxylic acids is 2. The second-order valence-corrected chi connectivity index (χ2v) is 9.66. The summed E-state index contributed by atoms with van der Waals surface area (Å²) in [6.07, 6.45) is 1.64. The van der Waals surface area contributed by atoms with E-state index >= 15 is 0 Å². The van der Waals surface area contributed by atoms with Crippen molar-refractivity contribution in [1.29, 1.82) is 5.26 Å². The van der Waals surface area contributed by atoms with Crippen LogP contribution in [-0.4, -0.2) is 46.8 Å². The Morgan fingerprint density at radius 2 is 1.86 bits per heavy atom. The van der Waals surface area contributed by atoms with Crippen molar-refractivity contribution in [1.82, 2.24) is 15.1 Å². The van der Waals surface area contributed by atoms with Gasteiger partial charge in [0, 0.05) is 43.7 Å². The average Bonchev–Trinajstić information content (AvgIpc) is 3.42. The number of nitriles is 1. The number of piperazine rings is 1. The predicted molar refractivity (Wildman–Crippen MR) is 137 cm³/mol. The van der Waals surface area contributed by atoms with E-state index in [9.17, 15) is 14.9 Å². The molecule has 1 aromatic heterocycles. The lowest BCUT2D eigenvalue weighted by Gasteiger charge is -2.45. The Bertz CT molecular complexity index is 1230. The second-order valence-electron chi connectivity index (χ2n) is 9.66. The first-order chi connectivity index (χ1) is 17.4. The summed E-state index contributed by atoms with van der Waals surface area (Å²) in [5.41, 5.74) is 3.57. The highest BCUT2D eigenvalue weighted by molar-refractivity contribution is 5.89. The number of nitrogens with zero attached hydrogens (tertiary/aromatic N) is 3. The summed E-state index contributed by atoms with van der Waals surface area (Å²) in [7, 11) is 0. The van der Waals surface area contributed by atoms with E-state index in [1.165, 1.54) is 0 Å². The molecule has 2 atom stereocenters. The van der Waals surface area contributed by atoms with Gasteiger partial charge >= 0.3 is 0 Å². The molecule has 0 bridgehead atoms. The summed E-state index contributed by atoms with van der Waals surface area (Å²) in [5.74, 6) is 0.416. The number of carbonyl (C=O) groups is 2. The van der Waals surface area contributed by atoms with Gasteiger partial charge < -0.3 is 14.6 Å². The number of hydrogen-bond donors (Lipinski definition) is 1. The van der Waals surface area contributed by atoms with Gasteiger partial charge in [0.05, 0.1) is 17.9 Å². The monoisotopic (exact) mass is 484 g/mol. The molecule has 7 nitrogen and oxygen atoms in total.